The van der Waals surface area contributed by atoms with E-state index >= 15 is 0 Å². The molecule has 38 heavy (non-hydrogen) atoms. The SMILES string of the molecule is [B]c1ccc(-n2c3ccccc3c3cc4c(cc32)c2ccccc2n4-c2ccc(B3OCCO3)cc2)cc1. The van der Waals surface area contributed by atoms with Gasteiger partial charge < -0.3 is 18.4 Å². The van der Waals surface area contributed by atoms with Gasteiger partial charge in [-0.2, -0.15) is 0 Å². The molecule has 0 aliphatic carbocycles. The van der Waals surface area contributed by atoms with Gasteiger partial charge in [0, 0.05) is 32.9 Å². The second kappa shape index (κ2) is 8.38. The van der Waals surface area contributed by atoms with E-state index in [0.717, 1.165) is 22.3 Å². The topological polar surface area (TPSA) is 28.3 Å². The molecule has 178 valence electrons. The molecule has 1 fully saturated rings. The van der Waals surface area contributed by atoms with E-state index in [1.165, 1.54) is 43.6 Å². The summed E-state index contributed by atoms with van der Waals surface area (Å²) in [5.41, 5.74) is 8.73. The third-order valence-corrected chi connectivity index (χ3v) is 7.66. The predicted octanol–water partition coefficient (Wildman–Crippen LogP) is 5.42. The Morgan fingerprint density at radius 2 is 1.00 bits per heavy atom. The van der Waals surface area contributed by atoms with Crippen LogP contribution in [-0.2, 0) is 9.31 Å². The lowest BCUT2D eigenvalue weighted by Gasteiger charge is -2.11. The number of aromatic nitrogens is 2. The monoisotopic (exact) mass is 488 g/mol. The molecule has 0 atom stereocenters. The minimum atomic E-state index is -0.277. The van der Waals surface area contributed by atoms with Crippen LogP contribution in [0.4, 0.5) is 0 Å². The molecule has 7 aromatic rings. The molecule has 0 unspecified atom stereocenters. The molecule has 2 radical (unpaired) electrons. The first-order valence-corrected chi connectivity index (χ1v) is 12.9. The minimum absolute atomic E-state index is 0.277. The van der Waals surface area contributed by atoms with Crippen LogP contribution < -0.4 is 10.9 Å². The normalized spacial score (nSPS) is 13.9. The zero-order chi connectivity index (χ0) is 25.2. The second-order valence-corrected chi connectivity index (χ2v) is 9.85. The number of hydrogen-bond acceptors (Lipinski definition) is 2. The predicted molar refractivity (Wildman–Crippen MR) is 158 cm³/mol. The smallest absolute Gasteiger partial charge is 0.405 e. The molecule has 0 N–H and O–H groups in total. The van der Waals surface area contributed by atoms with Crippen molar-refractivity contribution in [3.63, 3.8) is 0 Å². The Balaban J connectivity index is 1.43. The minimum Gasteiger partial charge on any atom is -0.405 e. The Labute approximate surface area is 221 Å². The largest absolute Gasteiger partial charge is 0.494 e. The van der Waals surface area contributed by atoms with Gasteiger partial charge in [-0.25, -0.2) is 0 Å². The number of fused-ring (bicyclic) bond motifs is 6. The zero-order valence-corrected chi connectivity index (χ0v) is 20.7. The number of hydrogen-bond donors (Lipinski definition) is 0. The molecule has 0 saturated carbocycles. The molecule has 0 bridgehead atoms. The zero-order valence-electron chi connectivity index (χ0n) is 20.7. The molecule has 1 saturated heterocycles. The number of benzene rings is 5. The van der Waals surface area contributed by atoms with E-state index in [0.29, 0.717) is 13.2 Å². The lowest BCUT2D eigenvalue weighted by Crippen LogP contribution is -2.31. The second-order valence-electron chi connectivity index (χ2n) is 9.85. The summed E-state index contributed by atoms with van der Waals surface area (Å²) < 4.78 is 16.1. The van der Waals surface area contributed by atoms with Gasteiger partial charge in [0.25, 0.3) is 0 Å². The highest BCUT2D eigenvalue weighted by Crippen LogP contribution is 2.39. The molecule has 1 aliphatic heterocycles. The van der Waals surface area contributed by atoms with E-state index in [-0.39, 0.29) is 7.12 Å². The molecule has 4 nitrogen and oxygen atoms in total. The highest BCUT2D eigenvalue weighted by molar-refractivity contribution is 6.61. The summed E-state index contributed by atoms with van der Waals surface area (Å²) in [6.45, 7) is 1.28. The first-order chi connectivity index (χ1) is 18.8. The van der Waals surface area contributed by atoms with Crippen molar-refractivity contribution in [3.05, 3.63) is 109 Å². The van der Waals surface area contributed by atoms with Crippen molar-refractivity contribution in [3.8, 4) is 11.4 Å². The van der Waals surface area contributed by atoms with Crippen molar-refractivity contribution in [1.29, 1.82) is 0 Å². The average Bonchev–Trinajstić information content (AvgIpc) is 3.68. The molecule has 3 heterocycles. The van der Waals surface area contributed by atoms with Crippen LogP contribution in [0, 0.1) is 0 Å². The molecule has 5 aromatic carbocycles. The van der Waals surface area contributed by atoms with Gasteiger partial charge in [-0.05, 0) is 54.0 Å². The summed E-state index contributed by atoms with van der Waals surface area (Å²) in [6, 6.07) is 38.6. The van der Waals surface area contributed by atoms with E-state index in [2.05, 4.69) is 106 Å². The van der Waals surface area contributed by atoms with Crippen LogP contribution in [0.5, 0.6) is 0 Å². The average molecular weight is 488 g/mol. The Bertz CT molecular complexity index is 1980. The van der Waals surface area contributed by atoms with Crippen LogP contribution in [0.2, 0.25) is 0 Å². The molecular formula is C32H22B2N2O2. The first kappa shape index (κ1) is 21.8. The van der Waals surface area contributed by atoms with Gasteiger partial charge >= 0.3 is 7.12 Å². The standard InChI is InChI=1S/C32H22B2N2O2/c33-21-9-13-23(14-10-21)35-29-7-3-1-5-25(29)27-20-32-28(19-31(27)35)26-6-2-4-8-30(26)36(32)24-15-11-22(12-16-24)34-37-17-18-38-34/h1-16,19-20H,17-18H2. The van der Waals surface area contributed by atoms with Gasteiger partial charge in [0.05, 0.1) is 35.3 Å². The fraction of sp³-hybridized carbons (Fsp3) is 0.0625. The molecular weight excluding hydrogens is 466 g/mol. The van der Waals surface area contributed by atoms with Gasteiger partial charge in [-0.15, -0.1) is 0 Å². The summed E-state index contributed by atoms with van der Waals surface area (Å²) in [5.74, 6) is 0. The third-order valence-electron chi connectivity index (χ3n) is 7.66. The number of rotatable bonds is 3. The molecule has 1 aliphatic rings. The maximum absolute atomic E-state index is 6.02. The fourth-order valence-corrected chi connectivity index (χ4v) is 5.94. The first-order valence-electron chi connectivity index (χ1n) is 12.9. The highest BCUT2D eigenvalue weighted by Gasteiger charge is 2.26. The van der Waals surface area contributed by atoms with Crippen molar-refractivity contribution in [2.75, 3.05) is 13.2 Å². The molecule has 0 amide bonds. The van der Waals surface area contributed by atoms with Crippen molar-refractivity contribution in [2.45, 2.75) is 0 Å². The van der Waals surface area contributed by atoms with E-state index < -0.39 is 0 Å². The highest BCUT2D eigenvalue weighted by atomic mass is 16.6. The maximum atomic E-state index is 6.02. The Morgan fingerprint density at radius 3 is 1.53 bits per heavy atom. The number of nitrogens with zero attached hydrogens (tertiary/aromatic N) is 2. The van der Waals surface area contributed by atoms with Crippen LogP contribution in [0.3, 0.4) is 0 Å². The van der Waals surface area contributed by atoms with Crippen molar-refractivity contribution in [1.82, 2.24) is 9.13 Å². The van der Waals surface area contributed by atoms with Crippen LogP contribution in [0.25, 0.3) is 55.0 Å². The van der Waals surface area contributed by atoms with E-state index in [1.54, 1.807) is 0 Å². The molecule has 8 rings (SSSR count). The van der Waals surface area contributed by atoms with E-state index in [9.17, 15) is 0 Å². The summed E-state index contributed by atoms with van der Waals surface area (Å²) in [6.07, 6.45) is 0. The Kier molecular flexibility index (Phi) is 4.81. The van der Waals surface area contributed by atoms with Gasteiger partial charge in [-0.1, -0.05) is 66.1 Å². The van der Waals surface area contributed by atoms with E-state index in [1.807, 2.05) is 12.1 Å². The van der Waals surface area contributed by atoms with Crippen molar-refractivity contribution < 1.29 is 9.31 Å². The summed E-state index contributed by atoms with van der Waals surface area (Å²) in [7, 11) is 5.74. The summed E-state index contributed by atoms with van der Waals surface area (Å²) in [4.78, 5) is 0. The molecule has 0 spiro atoms. The lowest BCUT2D eigenvalue weighted by molar-refractivity contribution is 0.365. The Hall–Kier alpha value is -4.25. The van der Waals surface area contributed by atoms with Gasteiger partial charge in [0.15, 0.2) is 0 Å². The maximum Gasteiger partial charge on any atom is 0.494 e. The van der Waals surface area contributed by atoms with Crippen LogP contribution in [0.1, 0.15) is 0 Å². The van der Waals surface area contributed by atoms with Gasteiger partial charge in [-0.3, -0.25) is 0 Å². The quantitative estimate of drug-likeness (QED) is 0.311. The Morgan fingerprint density at radius 1 is 0.526 bits per heavy atom. The summed E-state index contributed by atoms with van der Waals surface area (Å²) >= 11 is 0. The fourth-order valence-electron chi connectivity index (χ4n) is 5.94. The lowest BCUT2D eigenvalue weighted by atomic mass is 9.79. The van der Waals surface area contributed by atoms with Crippen LogP contribution in [0.15, 0.2) is 109 Å². The molecule has 2 aromatic heterocycles. The molecule has 6 heteroatoms. The third kappa shape index (κ3) is 3.21. The van der Waals surface area contributed by atoms with Crippen molar-refractivity contribution in [2.24, 2.45) is 0 Å². The van der Waals surface area contributed by atoms with Crippen LogP contribution in [-0.4, -0.2) is 37.3 Å². The summed E-state index contributed by atoms with van der Waals surface area (Å²) in [5, 5.41) is 4.89. The van der Waals surface area contributed by atoms with E-state index in [4.69, 9.17) is 17.2 Å². The van der Waals surface area contributed by atoms with Crippen molar-refractivity contribution >= 4 is 69.5 Å². The van der Waals surface area contributed by atoms with Crippen LogP contribution >= 0.6 is 0 Å². The number of para-hydroxylation sites is 2. The van der Waals surface area contributed by atoms with Gasteiger partial charge in [0.1, 0.15) is 7.85 Å². The van der Waals surface area contributed by atoms with Gasteiger partial charge in [0.2, 0.25) is 0 Å².